The van der Waals surface area contributed by atoms with Gasteiger partial charge in [0.1, 0.15) is 5.60 Å². The molecule has 0 aromatic heterocycles. The van der Waals surface area contributed by atoms with Crippen LogP contribution < -0.4 is 10.6 Å². The largest absolute Gasteiger partial charge is 0.444 e. The number of ether oxygens (including phenoxy) is 1. The predicted molar refractivity (Wildman–Crippen MR) is 64.6 cm³/mol. The molecule has 5 heteroatoms. The summed E-state index contributed by atoms with van der Waals surface area (Å²) < 4.78 is 5.20. The summed E-state index contributed by atoms with van der Waals surface area (Å²) in [5.74, 6) is 0.222. The molecule has 2 amide bonds. The van der Waals surface area contributed by atoms with Crippen molar-refractivity contribution in [3.63, 3.8) is 0 Å². The highest BCUT2D eigenvalue weighted by Gasteiger charge is 2.30. The number of alkyl carbamates (subject to hydrolysis) is 1. The molecule has 98 valence electrons. The summed E-state index contributed by atoms with van der Waals surface area (Å²) in [6, 6.07) is -0.0104. The number of hydrogen-bond acceptors (Lipinski definition) is 3. The molecule has 0 spiro atoms. The second kappa shape index (κ2) is 5.38. The van der Waals surface area contributed by atoms with Crippen LogP contribution in [0.4, 0.5) is 4.79 Å². The van der Waals surface area contributed by atoms with Gasteiger partial charge >= 0.3 is 6.09 Å². The molecule has 0 bridgehead atoms. The minimum Gasteiger partial charge on any atom is -0.444 e. The molecule has 0 aromatic rings. The summed E-state index contributed by atoms with van der Waals surface area (Å²) in [7, 11) is 0. The average Bonchev–Trinajstić information content (AvgIpc) is 2.58. The van der Waals surface area contributed by atoms with Crippen LogP contribution in [0.25, 0.3) is 0 Å². The van der Waals surface area contributed by atoms with E-state index in [0.29, 0.717) is 13.0 Å². The Morgan fingerprint density at radius 2 is 2.24 bits per heavy atom. The highest BCUT2D eigenvalue weighted by atomic mass is 16.6. The molecule has 0 saturated carbocycles. The predicted octanol–water partition coefficient (Wildman–Crippen LogP) is 1.43. The Bertz CT molecular complexity index is 297. The fourth-order valence-corrected chi connectivity index (χ4v) is 1.92. The first kappa shape index (κ1) is 13.8. The van der Waals surface area contributed by atoms with E-state index in [-0.39, 0.29) is 17.9 Å². The highest BCUT2D eigenvalue weighted by Crippen LogP contribution is 2.17. The van der Waals surface area contributed by atoms with Crippen molar-refractivity contribution in [3.8, 4) is 0 Å². The van der Waals surface area contributed by atoms with Gasteiger partial charge in [-0.2, -0.15) is 0 Å². The first-order valence-electron chi connectivity index (χ1n) is 6.08. The molecule has 1 saturated heterocycles. The Kier molecular flexibility index (Phi) is 4.37. The fraction of sp³-hybridized carbons (Fsp3) is 0.833. The third-order valence-electron chi connectivity index (χ3n) is 2.72. The summed E-state index contributed by atoms with van der Waals surface area (Å²) in [6.45, 7) is 8.11. The van der Waals surface area contributed by atoms with Crippen molar-refractivity contribution < 1.29 is 14.3 Å². The number of carbonyl (C=O) groups is 2. The van der Waals surface area contributed by atoms with E-state index in [9.17, 15) is 9.59 Å². The minimum absolute atomic E-state index is 0.0104. The van der Waals surface area contributed by atoms with Gasteiger partial charge in [-0.1, -0.05) is 6.92 Å². The van der Waals surface area contributed by atoms with E-state index in [1.165, 1.54) is 0 Å². The summed E-state index contributed by atoms with van der Waals surface area (Å²) >= 11 is 0. The molecule has 1 aliphatic heterocycles. The van der Waals surface area contributed by atoms with Gasteiger partial charge < -0.3 is 15.4 Å². The van der Waals surface area contributed by atoms with Crippen LogP contribution in [0, 0.1) is 5.92 Å². The van der Waals surface area contributed by atoms with Gasteiger partial charge in [0.25, 0.3) is 0 Å². The molecule has 0 radical (unpaired) electrons. The van der Waals surface area contributed by atoms with Crippen molar-refractivity contribution in [1.82, 2.24) is 10.6 Å². The minimum atomic E-state index is -0.494. The maximum absolute atomic E-state index is 11.6. The second-order valence-corrected chi connectivity index (χ2v) is 5.43. The fourth-order valence-electron chi connectivity index (χ4n) is 1.92. The van der Waals surface area contributed by atoms with Crippen LogP contribution in [0.2, 0.25) is 0 Å². The summed E-state index contributed by atoms with van der Waals surface area (Å²) in [6.07, 6.45) is 0.858. The lowest BCUT2D eigenvalue weighted by Crippen LogP contribution is -2.43. The molecule has 0 aromatic carbocycles. The van der Waals surface area contributed by atoms with E-state index in [2.05, 4.69) is 10.6 Å². The van der Waals surface area contributed by atoms with Crippen LogP contribution in [0.15, 0.2) is 0 Å². The SMILES string of the molecule is CC[C@H](NC(=O)OC(C)(C)C)C1CNC(=O)C1. The van der Waals surface area contributed by atoms with Crippen molar-refractivity contribution in [1.29, 1.82) is 0 Å². The second-order valence-electron chi connectivity index (χ2n) is 5.43. The molecule has 2 atom stereocenters. The van der Waals surface area contributed by atoms with Gasteiger partial charge in [0.15, 0.2) is 0 Å². The van der Waals surface area contributed by atoms with Gasteiger partial charge in [-0.05, 0) is 27.2 Å². The first-order valence-corrected chi connectivity index (χ1v) is 6.08. The molecule has 1 heterocycles. The highest BCUT2D eigenvalue weighted by molar-refractivity contribution is 5.78. The zero-order chi connectivity index (χ0) is 13.1. The smallest absolute Gasteiger partial charge is 0.407 e. The Balaban J connectivity index is 2.47. The molecule has 1 aliphatic rings. The van der Waals surface area contributed by atoms with Crippen molar-refractivity contribution in [2.45, 2.75) is 52.2 Å². The van der Waals surface area contributed by atoms with Crippen molar-refractivity contribution in [3.05, 3.63) is 0 Å². The zero-order valence-electron chi connectivity index (χ0n) is 11.0. The Hall–Kier alpha value is -1.26. The zero-order valence-corrected chi connectivity index (χ0v) is 11.0. The molecule has 0 aliphatic carbocycles. The number of rotatable bonds is 3. The van der Waals surface area contributed by atoms with Crippen LogP contribution in [-0.2, 0) is 9.53 Å². The van der Waals surface area contributed by atoms with Gasteiger partial charge in [0.2, 0.25) is 5.91 Å². The van der Waals surface area contributed by atoms with Crippen molar-refractivity contribution in [2.75, 3.05) is 6.54 Å². The average molecular weight is 242 g/mol. The van der Waals surface area contributed by atoms with E-state index >= 15 is 0 Å². The van der Waals surface area contributed by atoms with E-state index < -0.39 is 11.7 Å². The number of nitrogens with one attached hydrogen (secondary N) is 2. The Labute approximate surface area is 102 Å². The van der Waals surface area contributed by atoms with E-state index in [1.807, 2.05) is 27.7 Å². The van der Waals surface area contributed by atoms with Crippen molar-refractivity contribution in [2.24, 2.45) is 5.92 Å². The van der Waals surface area contributed by atoms with Gasteiger partial charge in [0, 0.05) is 24.9 Å². The monoisotopic (exact) mass is 242 g/mol. The van der Waals surface area contributed by atoms with E-state index in [0.717, 1.165) is 6.42 Å². The van der Waals surface area contributed by atoms with Crippen LogP contribution in [0.5, 0.6) is 0 Å². The lowest BCUT2D eigenvalue weighted by molar-refractivity contribution is -0.119. The third-order valence-corrected chi connectivity index (χ3v) is 2.72. The van der Waals surface area contributed by atoms with Gasteiger partial charge in [-0.15, -0.1) is 0 Å². The molecule has 17 heavy (non-hydrogen) atoms. The molecule has 2 N–H and O–H groups in total. The van der Waals surface area contributed by atoms with Crippen molar-refractivity contribution >= 4 is 12.0 Å². The molecule has 1 rings (SSSR count). The maximum atomic E-state index is 11.6. The van der Waals surface area contributed by atoms with Crippen LogP contribution >= 0.6 is 0 Å². The molecular weight excluding hydrogens is 220 g/mol. The molecule has 1 fully saturated rings. The lowest BCUT2D eigenvalue weighted by atomic mass is 9.97. The van der Waals surface area contributed by atoms with E-state index in [1.54, 1.807) is 0 Å². The molecular formula is C12H22N2O3. The topological polar surface area (TPSA) is 67.4 Å². The first-order chi connectivity index (χ1) is 7.81. The Morgan fingerprint density at radius 3 is 2.65 bits per heavy atom. The maximum Gasteiger partial charge on any atom is 0.407 e. The van der Waals surface area contributed by atoms with E-state index in [4.69, 9.17) is 4.74 Å². The summed E-state index contributed by atoms with van der Waals surface area (Å²) in [5.41, 5.74) is -0.494. The van der Waals surface area contributed by atoms with Gasteiger partial charge in [0.05, 0.1) is 0 Å². The van der Waals surface area contributed by atoms with Gasteiger partial charge in [-0.3, -0.25) is 4.79 Å². The summed E-state index contributed by atoms with van der Waals surface area (Å²) in [4.78, 5) is 22.8. The third kappa shape index (κ3) is 4.63. The van der Waals surface area contributed by atoms with Gasteiger partial charge in [-0.25, -0.2) is 4.79 Å². The standard InChI is InChI=1S/C12H22N2O3/c1-5-9(8-6-10(15)13-7-8)14-11(16)17-12(2,3)4/h8-9H,5-7H2,1-4H3,(H,13,15)(H,14,16)/t8?,9-/m0/s1. The number of amides is 2. The van der Waals surface area contributed by atoms with Crippen LogP contribution in [0.3, 0.4) is 0 Å². The quantitative estimate of drug-likeness (QED) is 0.786. The Morgan fingerprint density at radius 1 is 1.59 bits per heavy atom. The lowest BCUT2D eigenvalue weighted by Gasteiger charge is -2.25. The molecule has 1 unspecified atom stereocenters. The number of hydrogen-bond donors (Lipinski definition) is 2. The van der Waals surface area contributed by atoms with Crippen LogP contribution in [0.1, 0.15) is 40.5 Å². The molecule has 5 nitrogen and oxygen atoms in total. The number of carbonyl (C=O) groups excluding carboxylic acids is 2. The van der Waals surface area contributed by atoms with Crippen LogP contribution in [-0.4, -0.2) is 30.2 Å². The normalized spacial score (nSPS) is 21.9. The summed E-state index contributed by atoms with van der Waals surface area (Å²) in [5, 5.41) is 5.61.